The number of ether oxygens (including phenoxy) is 1. The number of hydrogen-bond acceptors (Lipinski definition) is 3. The van der Waals surface area contributed by atoms with Crippen molar-refractivity contribution in [1.82, 2.24) is 10.3 Å². The van der Waals surface area contributed by atoms with Gasteiger partial charge < -0.3 is 15.0 Å². The van der Waals surface area contributed by atoms with Crippen molar-refractivity contribution >= 4 is 22.8 Å². The molecule has 4 aliphatic carbocycles. The predicted molar refractivity (Wildman–Crippen MR) is 107 cm³/mol. The first-order valence-electron chi connectivity index (χ1n) is 10.6. The third-order valence-corrected chi connectivity index (χ3v) is 7.08. The van der Waals surface area contributed by atoms with Crippen molar-refractivity contribution in [3.8, 4) is 0 Å². The number of carbonyl (C=O) groups is 2. The van der Waals surface area contributed by atoms with Crippen LogP contribution >= 0.6 is 0 Å². The number of nitrogens with one attached hydrogen (secondary N) is 2. The number of aromatic amines is 1. The number of rotatable bonds is 6. The molecule has 0 spiro atoms. The van der Waals surface area contributed by atoms with Crippen LogP contribution in [0.25, 0.3) is 10.9 Å². The van der Waals surface area contributed by atoms with E-state index < -0.39 is 0 Å². The molecular formula is C23H28N2O3. The molecule has 2 N–H and O–H groups in total. The van der Waals surface area contributed by atoms with Crippen LogP contribution in [0.4, 0.5) is 0 Å². The van der Waals surface area contributed by atoms with Crippen molar-refractivity contribution in [3.05, 3.63) is 36.0 Å². The van der Waals surface area contributed by atoms with E-state index in [0.717, 1.165) is 53.5 Å². The molecule has 0 radical (unpaired) electrons. The largest absolute Gasteiger partial charge is 0.456 e. The van der Waals surface area contributed by atoms with Gasteiger partial charge >= 0.3 is 5.97 Å². The molecule has 5 nitrogen and oxygen atoms in total. The molecule has 0 atom stereocenters. The number of esters is 1. The average molecular weight is 380 g/mol. The number of aryl methyl sites for hydroxylation is 1. The van der Waals surface area contributed by atoms with Crippen molar-refractivity contribution in [2.45, 2.75) is 56.9 Å². The minimum atomic E-state index is -0.314. The fourth-order valence-electron chi connectivity index (χ4n) is 6.39. The van der Waals surface area contributed by atoms with Gasteiger partial charge in [0, 0.05) is 29.1 Å². The molecule has 28 heavy (non-hydrogen) atoms. The smallest absolute Gasteiger partial charge is 0.306 e. The number of hydrogen-bond donors (Lipinski definition) is 2. The number of carbonyl (C=O) groups excluding carboxylic acids is 2. The second-order valence-corrected chi connectivity index (χ2v) is 9.27. The van der Waals surface area contributed by atoms with Gasteiger partial charge in [-0.15, -0.1) is 0 Å². The van der Waals surface area contributed by atoms with Crippen LogP contribution in [-0.4, -0.2) is 29.0 Å². The number of aromatic nitrogens is 1. The molecule has 0 aliphatic heterocycles. The lowest BCUT2D eigenvalue weighted by atomic mass is 9.53. The van der Waals surface area contributed by atoms with Gasteiger partial charge in [-0.05, 0) is 74.3 Å². The highest BCUT2D eigenvalue weighted by Crippen LogP contribution is 2.55. The highest BCUT2D eigenvalue weighted by molar-refractivity contribution is 5.84. The van der Waals surface area contributed by atoms with E-state index in [1.165, 1.54) is 19.3 Å². The van der Waals surface area contributed by atoms with Crippen LogP contribution in [0.5, 0.6) is 0 Å². The molecule has 4 aliphatic rings. The standard InChI is InChI=1S/C23H28N2O3/c26-21(25-23-10-15-7-16(11-23)9-17(8-15)12-23)14-28-22(27)6-5-18-13-24-20-4-2-1-3-19(18)20/h1-4,13,15-17,24H,5-12,14H2,(H,25,26). The topological polar surface area (TPSA) is 71.2 Å². The highest BCUT2D eigenvalue weighted by atomic mass is 16.5. The number of para-hydroxylation sites is 1. The molecule has 2 aromatic rings. The Morgan fingerprint density at radius 3 is 2.46 bits per heavy atom. The molecule has 4 bridgehead atoms. The van der Waals surface area contributed by atoms with E-state index in [1.807, 2.05) is 30.5 Å². The Morgan fingerprint density at radius 1 is 1.07 bits per heavy atom. The zero-order chi connectivity index (χ0) is 19.1. The summed E-state index contributed by atoms with van der Waals surface area (Å²) in [5.41, 5.74) is 2.15. The van der Waals surface area contributed by atoms with Crippen LogP contribution in [0.15, 0.2) is 30.5 Å². The van der Waals surface area contributed by atoms with Gasteiger partial charge in [-0.2, -0.15) is 0 Å². The van der Waals surface area contributed by atoms with Crippen LogP contribution in [0.1, 0.15) is 50.5 Å². The second kappa shape index (κ2) is 6.94. The van der Waals surface area contributed by atoms with Gasteiger partial charge in [0.15, 0.2) is 6.61 Å². The van der Waals surface area contributed by atoms with E-state index in [4.69, 9.17) is 4.74 Å². The van der Waals surface area contributed by atoms with Crippen LogP contribution < -0.4 is 5.32 Å². The van der Waals surface area contributed by atoms with Crippen LogP contribution in [0.2, 0.25) is 0 Å². The van der Waals surface area contributed by atoms with E-state index in [-0.39, 0.29) is 30.4 Å². The first-order valence-corrected chi connectivity index (χ1v) is 10.6. The zero-order valence-electron chi connectivity index (χ0n) is 16.2. The van der Waals surface area contributed by atoms with Crippen molar-refractivity contribution < 1.29 is 14.3 Å². The quantitative estimate of drug-likeness (QED) is 0.750. The maximum Gasteiger partial charge on any atom is 0.306 e. The van der Waals surface area contributed by atoms with Crippen molar-refractivity contribution in [2.24, 2.45) is 17.8 Å². The van der Waals surface area contributed by atoms with E-state index in [9.17, 15) is 9.59 Å². The SMILES string of the molecule is O=C(COC(=O)CCc1c[nH]c2ccccc12)NC12CC3CC(CC(C3)C1)C2. The number of amides is 1. The fraction of sp³-hybridized carbons (Fsp3) is 0.565. The summed E-state index contributed by atoms with van der Waals surface area (Å²) in [7, 11) is 0. The molecule has 1 amide bonds. The number of fused-ring (bicyclic) bond motifs is 1. The Balaban J connectivity index is 1.10. The summed E-state index contributed by atoms with van der Waals surface area (Å²) in [5, 5.41) is 4.39. The van der Waals surface area contributed by atoms with Gasteiger partial charge in [0.2, 0.25) is 0 Å². The van der Waals surface area contributed by atoms with Gasteiger partial charge in [0.1, 0.15) is 0 Å². The molecule has 1 aromatic carbocycles. The Bertz CT molecular complexity index is 865. The van der Waals surface area contributed by atoms with Gasteiger partial charge in [-0.25, -0.2) is 0 Å². The van der Waals surface area contributed by atoms with Crippen molar-refractivity contribution in [3.63, 3.8) is 0 Å². The first-order chi connectivity index (χ1) is 13.6. The van der Waals surface area contributed by atoms with Crippen LogP contribution in [-0.2, 0) is 20.7 Å². The minimum Gasteiger partial charge on any atom is -0.456 e. The molecule has 1 aromatic heterocycles. The molecular weight excluding hydrogens is 352 g/mol. The lowest BCUT2D eigenvalue weighted by molar-refractivity contribution is -0.150. The highest BCUT2D eigenvalue weighted by Gasteiger charge is 2.51. The van der Waals surface area contributed by atoms with Gasteiger partial charge in [-0.1, -0.05) is 18.2 Å². The molecule has 0 unspecified atom stereocenters. The monoisotopic (exact) mass is 380 g/mol. The molecule has 5 heteroatoms. The normalized spacial score (nSPS) is 30.5. The molecule has 148 valence electrons. The fourth-order valence-corrected chi connectivity index (χ4v) is 6.39. The maximum absolute atomic E-state index is 12.4. The Labute approximate surface area is 165 Å². The van der Waals surface area contributed by atoms with Crippen LogP contribution in [0, 0.1) is 17.8 Å². The minimum absolute atomic E-state index is 0.0255. The summed E-state index contributed by atoms with van der Waals surface area (Å²) in [6.45, 7) is -0.158. The predicted octanol–water partition coefficient (Wildman–Crippen LogP) is 3.73. The number of benzene rings is 1. The summed E-state index contributed by atoms with van der Waals surface area (Å²) in [4.78, 5) is 27.8. The molecule has 0 saturated heterocycles. The maximum atomic E-state index is 12.4. The van der Waals surface area contributed by atoms with Gasteiger partial charge in [-0.3, -0.25) is 9.59 Å². The zero-order valence-corrected chi connectivity index (χ0v) is 16.2. The van der Waals surface area contributed by atoms with E-state index >= 15 is 0 Å². The summed E-state index contributed by atoms with van der Waals surface area (Å²) in [6, 6.07) is 8.05. The lowest BCUT2D eigenvalue weighted by Crippen LogP contribution is -2.60. The first kappa shape index (κ1) is 17.8. The lowest BCUT2D eigenvalue weighted by Gasteiger charge is -2.56. The summed E-state index contributed by atoms with van der Waals surface area (Å²) in [5.74, 6) is 1.90. The Morgan fingerprint density at radius 2 is 1.75 bits per heavy atom. The Kier molecular flexibility index (Phi) is 4.41. The van der Waals surface area contributed by atoms with E-state index in [0.29, 0.717) is 6.42 Å². The van der Waals surface area contributed by atoms with Gasteiger partial charge in [0.25, 0.3) is 5.91 Å². The molecule has 4 fully saturated rings. The summed E-state index contributed by atoms with van der Waals surface area (Å²) >= 11 is 0. The van der Waals surface area contributed by atoms with E-state index in [2.05, 4.69) is 10.3 Å². The third-order valence-electron chi connectivity index (χ3n) is 7.08. The number of H-pyrrole nitrogens is 1. The molecule has 6 rings (SSSR count). The second-order valence-electron chi connectivity index (χ2n) is 9.27. The summed E-state index contributed by atoms with van der Waals surface area (Å²) < 4.78 is 5.27. The van der Waals surface area contributed by atoms with Crippen molar-refractivity contribution in [1.29, 1.82) is 0 Å². The van der Waals surface area contributed by atoms with Crippen molar-refractivity contribution in [2.75, 3.05) is 6.61 Å². The third kappa shape index (κ3) is 3.43. The van der Waals surface area contributed by atoms with Crippen LogP contribution in [0.3, 0.4) is 0 Å². The summed E-state index contributed by atoms with van der Waals surface area (Å²) in [6.07, 6.45) is 10.2. The van der Waals surface area contributed by atoms with Gasteiger partial charge in [0.05, 0.1) is 0 Å². The molecule has 4 saturated carbocycles. The molecule has 1 heterocycles. The Hall–Kier alpha value is -2.30. The average Bonchev–Trinajstić information content (AvgIpc) is 3.06. The van der Waals surface area contributed by atoms with E-state index in [1.54, 1.807) is 0 Å².